The number of H-pyrrole nitrogens is 1. The quantitative estimate of drug-likeness (QED) is 0.537. The van der Waals surface area contributed by atoms with E-state index in [4.69, 9.17) is 0 Å². The van der Waals surface area contributed by atoms with Gasteiger partial charge in [0.15, 0.2) is 0 Å². The van der Waals surface area contributed by atoms with E-state index in [0.29, 0.717) is 31.2 Å². The van der Waals surface area contributed by atoms with E-state index in [2.05, 4.69) is 42.6 Å². The second kappa shape index (κ2) is 7.92. The number of benzene rings is 1. The van der Waals surface area contributed by atoms with Crippen molar-refractivity contribution in [1.82, 2.24) is 25.7 Å². The molecule has 0 saturated carbocycles. The molecule has 3 aromatic rings. The Morgan fingerprint density at radius 3 is 2.83 bits per heavy atom. The van der Waals surface area contributed by atoms with Gasteiger partial charge in [0.05, 0.1) is 28.5 Å². The molecule has 4 rings (SSSR count). The molecule has 1 saturated heterocycles. The van der Waals surface area contributed by atoms with Crippen LogP contribution in [-0.4, -0.2) is 45.7 Å². The molecule has 1 aliphatic rings. The molecule has 3 heterocycles. The molecule has 0 atom stereocenters. The Labute approximate surface area is 167 Å². The maximum absolute atomic E-state index is 14.3. The molecule has 0 radical (unpaired) electrons. The van der Waals surface area contributed by atoms with E-state index in [9.17, 15) is 4.39 Å². The van der Waals surface area contributed by atoms with Gasteiger partial charge in [-0.25, -0.2) is 4.39 Å². The largest absolute Gasteiger partial charge is 0.368 e. The van der Waals surface area contributed by atoms with Crippen molar-refractivity contribution >= 4 is 22.4 Å². The van der Waals surface area contributed by atoms with E-state index < -0.39 is 5.41 Å². The van der Waals surface area contributed by atoms with Crippen LogP contribution < -0.4 is 10.6 Å². The summed E-state index contributed by atoms with van der Waals surface area (Å²) in [7, 11) is 0. The fourth-order valence-corrected chi connectivity index (χ4v) is 3.43. The molecule has 2 aromatic heterocycles. The first-order valence-electron chi connectivity index (χ1n) is 9.38. The smallest absolute Gasteiger partial charge is 0.148 e. The third-order valence-corrected chi connectivity index (χ3v) is 5.14. The first kappa shape index (κ1) is 18.9. The lowest BCUT2D eigenvalue weighted by atomic mass is 9.76. The number of nitrogens with one attached hydrogen (secondary N) is 3. The summed E-state index contributed by atoms with van der Waals surface area (Å²) in [5.41, 5.74) is 2.67. The van der Waals surface area contributed by atoms with Crippen LogP contribution in [0.3, 0.4) is 0 Å². The summed E-state index contributed by atoms with van der Waals surface area (Å²) in [4.78, 5) is 4.19. The molecule has 0 aliphatic carbocycles. The number of fused-ring (bicyclic) bond motifs is 1. The highest BCUT2D eigenvalue weighted by atomic mass is 19.1. The molecule has 0 spiro atoms. The van der Waals surface area contributed by atoms with Crippen molar-refractivity contribution in [1.29, 1.82) is 0 Å². The van der Waals surface area contributed by atoms with Crippen molar-refractivity contribution in [2.24, 2.45) is 10.4 Å². The molecule has 3 N–H and O–H groups in total. The lowest BCUT2D eigenvalue weighted by Crippen LogP contribution is -2.61. The van der Waals surface area contributed by atoms with Crippen molar-refractivity contribution in [3.63, 3.8) is 0 Å². The molecule has 0 bridgehead atoms. The minimum absolute atomic E-state index is 0.329. The van der Waals surface area contributed by atoms with Crippen LogP contribution in [0.5, 0.6) is 0 Å². The topological polar surface area (TPSA) is 90.9 Å². The fraction of sp³-hybridized carbons (Fsp3) is 0.238. The maximum Gasteiger partial charge on any atom is 0.148 e. The van der Waals surface area contributed by atoms with E-state index in [0.717, 1.165) is 22.2 Å². The lowest BCUT2D eigenvalue weighted by Gasteiger charge is -2.43. The van der Waals surface area contributed by atoms with E-state index in [-0.39, 0.29) is 5.83 Å². The van der Waals surface area contributed by atoms with Gasteiger partial charge >= 0.3 is 0 Å². The number of aromatic nitrogens is 4. The summed E-state index contributed by atoms with van der Waals surface area (Å²) in [5, 5.41) is 23.1. The normalized spacial score (nSPS) is 16.5. The van der Waals surface area contributed by atoms with Crippen LogP contribution in [0.1, 0.15) is 6.92 Å². The van der Waals surface area contributed by atoms with Crippen LogP contribution >= 0.6 is 0 Å². The highest BCUT2D eigenvalue weighted by Gasteiger charge is 2.43. The Morgan fingerprint density at radius 1 is 1.31 bits per heavy atom. The first-order valence-corrected chi connectivity index (χ1v) is 9.38. The number of hydrogen-bond donors (Lipinski definition) is 3. The van der Waals surface area contributed by atoms with Gasteiger partial charge in [-0.15, -0.1) is 10.2 Å². The predicted octanol–water partition coefficient (Wildman–Crippen LogP) is 3.48. The molecule has 0 amide bonds. The van der Waals surface area contributed by atoms with Gasteiger partial charge < -0.3 is 10.6 Å². The summed E-state index contributed by atoms with van der Waals surface area (Å²) in [6.45, 7) is 7.02. The Bertz CT molecular complexity index is 1080. The zero-order chi connectivity index (χ0) is 20.3. The Kier molecular flexibility index (Phi) is 5.18. The number of anilines is 1. The molecule has 1 fully saturated rings. The van der Waals surface area contributed by atoms with Gasteiger partial charge in [0.2, 0.25) is 0 Å². The van der Waals surface area contributed by atoms with Gasteiger partial charge in [-0.05, 0) is 37.3 Å². The third-order valence-electron chi connectivity index (χ3n) is 5.14. The molecule has 0 unspecified atom stereocenters. The summed E-state index contributed by atoms with van der Waals surface area (Å²) in [6.07, 6.45) is 4.58. The highest BCUT2D eigenvalue weighted by Crippen LogP contribution is 2.30. The maximum atomic E-state index is 14.3. The van der Waals surface area contributed by atoms with Crippen molar-refractivity contribution in [2.45, 2.75) is 6.92 Å². The van der Waals surface area contributed by atoms with Crippen LogP contribution in [0, 0.1) is 5.41 Å². The number of nitrogens with zero attached hydrogens (tertiary/aromatic N) is 4. The first-order chi connectivity index (χ1) is 14.1. The minimum Gasteiger partial charge on any atom is -0.368 e. The van der Waals surface area contributed by atoms with Crippen molar-refractivity contribution in [2.75, 3.05) is 25.0 Å². The molecular formula is C21H22FN7. The fourth-order valence-electron chi connectivity index (χ4n) is 3.43. The van der Waals surface area contributed by atoms with E-state index in [1.807, 2.05) is 30.3 Å². The van der Waals surface area contributed by atoms with Crippen molar-refractivity contribution in [3.8, 4) is 11.3 Å². The molecular weight excluding hydrogens is 369 g/mol. The second-order valence-corrected chi connectivity index (χ2v) is 7.01. The Hall–Kier alpha value is -3.39. The highest BCUT2D eigenvalue weighted by molar-refractivity contribution is 6.04. The van der Waals surface area contributed by atoms with E-state index in [1.165, 1.54) is 12.3 Å². The van der Waals surface area contributed by atoms with E-state index >= 15 is 0 Å². The van der Waals surface area contributed by atoms with Crippen molar-refractivity contribution < 1.29 is 4.39 Å². The molecule has 1 aliphatic heterocycles. The lowest BCUT2D eigenvalue weighted by molar-refractivity contribution is 0.281. The van der Waals surface area contributed by atoms with Gasteiger partial charge in [0, 0.05) is 36.8 Å². The van der Waals surface area contributed by atoms with Gasteiger partial charge in [-0.1, -0.05) is 12.6 Å². The minimum atomic E-state index is -0.447. The number of rotatable bonds is 7. The van der Waals surface area contributed by atoms with Gasteiger partial charge in [-0.2, -0.15) is 5.10 Å². The number of allylic oxidation sites excluding steroid dienone is 2. The molecule has 1 aromatic carbocycles. The summed E-state index contributed by atoms with van der Waals surface area (Å²) in [6, 6.07) is 9.74. The monoisotopic (exact) mass is 391 g/mol. The number of aromatic amines is 1. The second-order valence-electron chi connectivity index (χ2n) is 7.01. The number of aliphatic imine (C=N–C) groups is 1. The van der Waals surface area contributed by atoms with Crippen LogP contribution in [0.25, 0.3) is 22.2 Å². The molecule has 148 valence electrons. The average molecular weight is 391 g/mol. The summed E-state index contributed by atoms with van der Waals surface area (Å²) >= 11 is 0. The van der Waals surface area contributed by atoms with Gasteiger partial charge in [0.1, 0.15) is 11.6 Å². The summed E-state index contributed by atoms with van der Waals surface area (Å²) in [5.74, 6) is 0.299. The SMILES string of the molecule is C=CN=C(/C(F)=C\C)C1(CNc2ccc(-c3ccc4[nH]ncc4c3)nn2)CNC1. The average Bonchev–Trinajstić information content (AvgIpc) is 3.20. The predicted molar refractivity (Wildman–Crippen MR) is 113 cm³/mol. The molecule has 7 nitrogen and oxygen atoms in total. The van der Waals surface area contributed by atoms with Crippen LogP contribution in [0.4, 0.5) is 10.2 Å². The molecule has 29 heavy (non-hydrogen) atoms. The van der Waals surface area contributed by atoms with Gasteiger partial charge in [0.25, 0.3) is 0 Å². The zero-order valence-corrected chi connectivity index (χ0v) is 16.1. The zero-order valence-electron chi connectivity index (χ0n) is 16.1. The van der Waals surface area contributed by atoms with Crippen LogP contribution in [0.15, 0.2) is 66.2 Å². The van der Waals surface area contributed by atoms with Gasteiger partial charge in [-0.3, -0.25) is 10.1 Å². The number of hydrogen-bond acceptors (Lipinski definition) is 6. The van der Waals surface area contributed by atoms with E-state index in [1.54, 1.807) is 13.1 Å². The Balaban J connectivity index is 1.49. The summed E-state index contributed by atoms with van der Waals surface area (Å²) < 4.78 is 14.3. The third kappa shape index (κ3) is 3.66. The standard InChI is InChI=1S/C21H22FN7/c1-3-16(22)20(24-4-2)21(11-23-12-21)13-25-19-8-7-17(28-29-19)14-5-6-18-15(9-14)10-26-27-18/h3-10,23H,2,11-13H2,1H3,(H,25,29)(H,26,27)/b16-3+,24-20?. The van der Waals surface area contributed by atoms with Crippen LogP contribution in [0.2, 0.25) is 0 Å². The van der Waals surface area contributed by atoms with Crippen LogP contribution in [-0.2, 0) is 0 Å². The Morgan fingerprint density at radius 2 is 2.17 bits per heavy atom. The van der Waals surface area contributed by atoms with Crippen molar-refractivity contribution in [3.05, 3.63) is 61.2 Å². The molecule has 8 heteroatoms. The number of halogens is 1.